The predicted octanol–water partition coefficient (Wildman–Crippen LogP) is 3.26. The van der Waals surface area contributed by atoms with Gasteiger partial charge in [-0.1, -0.05) is 29.6 Å². The molecule has 2 unspecified atom stereocenters. The molecule has 0 aromatic carbocycles. The first-order chi connectivity index (χ1) is 9.02. The molecular weight excluding hydrogens is 281 g/mol. The van der Waals surface area contributed by atoms with E-state index in [4.69, 9.17) is 28.9 Å². The average molecular weight is 302 g/mol. The Morgan fingerprint density at radius 1 is 1.42 bits per heavy atom. The molecule has 0 bridgehead atoms. The van der Waals surface area contributed by atoms with Gasteiger partial charge in [0.15, 0.2) is 0 Å². The predicted molar refractivity (Wildman–Crippen MR) is 80.6 cm³/mol. The summed E-state index contributed by atoms with van der Waals surface area (Å²) in [4.78, 5) is 6.60. The first-order valence-electron chi connectivity index (χ1n) is 6.74. The first kappa shape index (κ1) is 15.0. The van der Waals surface area contributed by atoms with Gasteiger partial charge in [-0.05, 0) is 45.3 Å². The van der Waals surface area contributed by atoms with Gasteiger partial charge in [0.2, 0.25) is 0 Å². The second-order valence-corrected chi connectivity index (χ2v) is 6.19. The van der Waals surface area contributed by atoms with Gasteiger partial charge in [-0.2, -0.15) is 0 Å². The van der Waals surface area contributed by atoms with Crippen LogP contribution in [0.4, 0.5) is 0 Å². The summed E-state index contributed by atoms with van der Waals surface area (Å²) in [7, 11) is 2.12. The first-order valence-corrected chi connectivity index (χ1v) is 7.50. The zero-order chi connectivity index (χ0) is 14.0. The van der Waals surface area contributed by atoms with Gasteiger partial charge in [0.25, 0.3) is 0 Å². The molecule has 19 heavy (non-hydrogen) atoms. The van der Waals surface area contributed by atoms with Crippen LogP contribution in [-0.4, -0.2) is 29.5 Å². The van der Waals surface area contributed by atoms with Crippen LogP contribution < -0.4 is 5.73 Å². The largest absolute Gasteiger partial charge is 0.330 e. The summed E-state index contributed by atoms with van der Waals surface area (Å²) in [6.07, 6.45) is 3.68. The molecule has 1 saturated carbocycles. The van der Waals surface area contributed by atoms with Crippen molar-refractivity contribution in [1.82, 2.24) is 9.88 Å². The topological polar surface area (TPSA) is 42.1 Å². The van der Waals surface area contributed by atoms with Crippen LogP contribution in [0.2, 0.25) is 10.2 Å². The van der Waals surface area contributed by atoms with Crippen molar-refractivity contribution in [2.24, 2.45) is 11.7 Å². The summed E-state index contributed by atoms with van der Waals surface area (Å²) in [5, 5.41) is 1.21. The molecule has 106 valence electrons. The third-order valence-corrected chi connectivity index (χ3v) is 4.69. The van der Waals surface area contributed by atoms with Crippen LogP contribution in [0.3, 0.4) is 0 Å². The lowest BCUT2D eigenvalue weighted by Gasteiger charge is -2.29. The van der Waals surface area contributed by atoms with Crippen LogP contribution in [0.1, 0.15) is 30.5 Å². The summed E-state index contributed by atoms with van der Waals surface area (Å²) >= 11 is 12.5. The highest BCUT2D eigenvalue weighted by molar-refractivity contribution is 6.35. The Balaban J connectivity index is 2.13. The number of hydrogen-bond donors (Lipinski definition) is 1. The molecule has 0 spiro atoms. The number of rotatable bonds is 4. The Kier molecular flexibility index (Phi) is 5.07. The van der Waals surface area contributed by atoms with Crippen molar-refractivity contribution in [3.63, 3.8) is 0 Å². The maximum atomic E-state index is 6.28. The van der Waals surface area contributed by atoms with E-state index in [1.807, 2.05) is 13.0 Å². The van der Waals surface area contributed by atoms with Crippen molar-refractivity contribution >= 4 is 23.2 Å². The maximum absolute atomic E-state index is 6.28. The van der Waals surface area contributed by atoms with E-state index in [1.165, 1.54) is 19.3 Å². The second kappa shape index (κ2) is 6.40. The number of nitrogens with two attached hydrogens (primary N) is 1. The van der Waals surface area contributed by atoms with E-state index in [1.54, 1.807) is 0 Å². The van der Waals surface area contributed by atoms with Crippen LogP contribution >= 0.6 is 23.2 Å². The van der Waals surface area contributed by atoms with E-state index in [2.05, 4.69) is 16.9 Å². The maximum Gasteiger partial charge on any atom is 0.135 e. The Morgan fingerprint density at radius 3 is 2.79 bits per heavy atom. The lowest BCUT2D eigenvalue weighted by Crippen LogP contribution is -2.37. The zero-order valence-corrected chi connectivity index (χ0v) is 13.0. The standard InChI is InChI=1S/C14H21Cl2N3/c1-9-6-12(15)11(14(16)18-9)8-19(2)13-5-3-4-10(13)7-17/h6,10,13H,3-5,7-8,17H2,1-2H3. The molecule has 5 heteroatoms. The fourth-order valence-corrected chi connectivity index (χ4v) is 3.65. The lowest BCUT2D eigenvalue weighted by atomic mass is 10.0. The molecule has 1 aromatic heterocycles. The molecule has 0 amide bonds. The molecule has 0 aliphatic heterocycles. The van der Waals surface area contributed by atoms with Crippen molar-refractivity contribution in [2.45, 2.75) is 38.8 Å². The normalized spacial score (nSPS) is 23.3. The van der Waals surface area contributed by atoms with Crippen LogP contribution in [-0.2, 0) is 6.54 Å². The minimum atomic E-state index is 0.513. The van der Waals surface area contributed by atoms with E-state index in [-0.39, 0.29) is 0 Å². The minimum Gasteiger partial charge on any atom is -0.330 e. The van der Waals surface area contributed by atoms with Gasteiger partial charge in [0.1, 0.15) is 5.15 Å². The molecule has 1 aliphatic rings. The Bertz CT molecular complexity index is 427. The van der Waals surface area contributed by atoms with Crippen LogP contribution in [0, 0.1) is 12.8 Å². The van der Waals surface area contributed by atoms with Gasteiger partial charge in [-0.25, -0.2) is 4.98 Å². The average Bonchev–Trinajstić information content (AvgIpc) is 2.81. The zero-order valence-electron chi connectivity index (χ0n) is 11.5. The molecule has 1 fully saturated rings. The van der Waals surface area contributed by atoms with Gasteiger partial charge in [0, 0.05) is 28.9 Å². The fraction of sp³-hybridized carbons (Fsp3) is 0.643. The van der Waals surface area contributed by atoms with E-state index in [9.17, 15) is 0 Å². The van der Waals surface area contributed by atoms with Crippen LogP contribution in [0.15, 0.2) is 6.07 Å². The highest BCUT2D eigenvalue weighted by Gasteiger charge is 2.29. The van der Waals surface area contributed by atoms with E-state index in [0.29, 0.717) is 22.1 Å². The number of nitrogens with zero attached hydrogens (tertiary/aromatic N) is 2. The minimum absolute atomic E-state index is 0.513. The molecule has 2 atom stereocenters. The molecule has 1 heterocycles. The fourth-order valence-electron chi connectivity index (χ4n) is 3.00. The second-order valence-electron chi connectivity index (χ2n) is 5.42. The van der Waals surface area contributed by atoms with Gasteiger partial charge in [-0.15, -0.1) is 0 Å². The molecule has 1 aliphatic carbocycles. The summed E-state index contributed by atoms with van der Waals surface area (Å²) < 4.78 is 0. The third-order valence-electron chi connectivity index (χ3n) is 4.04. The number of aryl methyl sites for hydroxylation is 1. The quantitative estimate of drug-likeness (QED) is 0.868. The smallest absolute Gasteiger partial charge is 0.135 e. The SMILES string of the molecule is Cc1cc(Cl)c(CN(C)C2CCCC2CN)c(Cl)n1. The number of aromatic nitrogens is 1. The highest BCUT2D eigenvalue weighted by Crippen LogP contribution is 2.31. The monoisotopic (exact) mass is 301 g/mol. The summed E-state index contributed by atoms with van der Waals surface area (Å²) in [5.41, 5.74) is 7.61. The number of hydrogen-bond acceptors (Lipinski definition) is 3. The van der Waals surface area contributed by atoms with E-state index >= 15 is 0 Å². The summed E-state index contributed by atoms with van der Waals surface area (Å²) in [6, 6.07) is 2.39. The number of halogens is 2. The van der Waals surface area contributed by atoms with Gasteiger partial charge in [-0.3, -0.25) is 4.90 Å². The Hall–Kier alpha value is -0.350. The molecule has 0 saturated heterocycles. The number of pyridine rings is 1. The summed E-state index contributed by atoms with van der Waals surface area (Å²) in [5.74, 6) is 0.584. The molecule has 2 N–H and O–H groups in total. The Morgan fingerprint density at radius 2 is 2.16 bits per heavy atom. The molecule has 3 nitrogen and oxygen atoms in total. The highest BCUT2D eigenvalue weighted by atomic mass is 35.5. The lowest BCUT2D eigenvalue weighted by molar-refractivity contribution is 0.193. The van der Waals surface area contributed by atoms with E-state index < -0.39 is 0 Å². The van der Waals surface area contributed by atoms with Crippen LogP contribution in [0.5, 0.6) is 0 Å². The molecule has 0 radical (unpaired) electrons. The van der Waals surface area contributed by atoms with Crippen molar-refractivity contribution < 1.29 is 0 Å². The molecular formula is C14H21Cl2N3. The van der Waals surface area contributed by atoms with E-state index in [0.717, 1.165) is 24.3 Å². The van der Waals surface area contributed by atoms with Crippen molar-refractivity contribution in [3.05, 3.63) is 27.5 Å². The Labute approximate surface area is 125 Å². The van der Waals surface area contributed by atoms with Gasteiger partial charge < -0.3 is 5.73 Å². The van der Waals surface area contributed by atoms with Gasteiger partial charge >= 0.3 is 0 Å². The summed E-state index contributed by atoms with van der Waals surface area (Å²) in [6.45, 7) is 3.38. The molecule has 2 rings (SSSR count). The van der Waals surface area contributed by atoms with Crippen molar-refractivity contribution in [1.29, 1.82) is 0 Å². The van der Waals surface area contributed by atoms with Crippen molar-refractivity contribution in [2.75, 3.05) is 13.6 Å². The van der Waals surface area contributed by atoms with Crippen molar-refractivity contribution in [3.8, 4) is 0 Å². The third kappa shape index (κ3) is 3.40. The van der Waals surface area contributed by atoms with Gasteiger partial charge in [0.05, 0.1) is 0 Å². The van der Waals surface area contributed by atoms with Crippen LogP contribution in [0.25, 0.3) is 0 Å². The molecule has 1 aromatic rings.